The van der Waals surface area contributed by atoms with Crippen LogP contribution in [0, 0.1) is 0 Å². The van der Waals surface area contributed by atoms with Crippen molar-refractivity contribution in [1.29, 1.82) is 0 Å². The zero-order valence-corrected chi connectivity index (χ0v) is 12.6. The van der Waals surface area contributed by atoms with Gasteiger partial charge in [-0.05, 0) is 19.2 Å². The fourth-order valence-electron chi connectivity index (χ4n) is 1.74. The third kappa shape index (κ3) is 4.25. The summed E-state index contributed by atoms with van der Waals surface area (Å²) in [5.74, 6) is 1.92. The van der Waals surface area contributed by atoms with Gasteiger partial charge < -0.3 is 4.52 Å². The normalized spacial score (nSPS) is 12.8. The minimum Gasteiger partial charge on any atom is -0.338 e. The SMILES string of the molecule is CCc1noc(CN(C)CC[S@@](=O)c2ccccc2)n1. The smallest absolute Gasteiger partial charge is 0.240 e. The van der Waals surface area contributed by atoms with E-state index in [0.29, 0.717) is 24.7 Å². The molecule has 0 spiro atoms. The molecule has 2 aromatic rings. The summed E-state index contributed by atoms with van der Waals surface area (Å²) in [6.07, 6.45) is 0.769. The van der Waals surface area contributed by atoms with E-state index in [2.05, 4.69) is 10.1 Å². The lowest BCUT2D eigenvalue weighted by molar-refractivity contribution is 0.277. The zero-order valence-electron chi connectivity index (χ0n) is 11.8. The van der Waals surface area contributed by atoms with Crippen molar-refractivity contribution in [3.05, 3.63) is 42.0 Å². The molecule has 0 bridgehead atoms. The Morgan fingerprint density at radius 1 is 1.30 bits per heavy atom. The van der Waals surface area contributed by atoms with Crippen molar-refractivity contribution in [2.45, 2.75) is 24.8 Å². The molecule has 20 heavy (non-hydrogen) atoms. The predicted octanol–water partition coefficient (Wildman–Crippen LogP) is 1.87. The molecular weight excluding hydrogens is 274 g/mol. The molecule has 0 aliphatic heterocycles. The Balaban J connectivity index is 1.80. The summed E-state index contributed by atoms with van der Waals surface area (Å²) in [7, 11) is 0.990. The van der Waals surface area contributed by atoms with Crippen LogP contribution in [-0.4, -0.2) is 38.6 Å². The maximum absolute atomic E-state index is 12.1. The standard InChI is InChI=1S/C14H19N3O2S/c1-3-13-15-14(19-16-13)11-17(2)9-10-20(18)12-7-5-4-6-8-12/h4-8H,3,9-11H2,1-2H3/t20-/m1/s1. The highest BCUT2D eigenvalue weighted by Gasteiger charge is 2.10. The van der Waals surface area contributed by atoms with E-state index >= 15 is 0 Å². The molecule has 2 rings (SSSR count). The second-order valence-corrected chi connectivity index (χ2v) is 6.13. The third-order valence-electron chi connectivity index (χ3n) is 2.90. The van der Waals surface area contributed by atoms with Crippen LogP contribution in [0.15, 0.2) is 39.8 Å². The molecule has 1 aromatic carbocycles. The van der Waals surface area contributed by atoms with Gasteiger partial charge in [0.25, 0.3) is 0 Å². The molecule has 1 aromatic heterocycles. The van der Waals surface area contributed by atoms with Crippen LogP contribution < -0.4 is 0 Å². The van der Waals surface area contributed by atoms with Crippen molar-refractivity contribution >= 4 is 10.8 Å². The monoisotopic (exact) mass is 293 g/mol. The molecule has 0 amide bonds. The highest BCUT2D eigenvalue weighted by Crippen LogP contribution is 2.07. The Labute approximate surface area is 121 Å². The van der Waals surface area contributed by atoms with Gasteiger partial charge in [0.05, 0.1) is 17.3 Å². The van der Waals surface area contributed by atoms with Crippen molar-refractivity contribution in [2.24, 2.45) is 0 Å². The van der Waals surface area contributed by atoms with Crippen LogP contribution in [0.25, 0.3) is 0 Å². The molecule has 0 saturated heterocycles. The number of hydrogen-bond acceptors (Lipinski definition) is 5. The fourth-order valence-corrected chi connectivity index (χ4v) is 2.91. The molecular formula is C14H19N3O2S. The van der Waals surface area contributed by atoms with E-state index in [-0.39, 0.29) is 0 Å². The molecule has 0 aliphatic rings. The van der Waals surface area contributed by atoms with E-state index < -0.39 is 10.8 Å². The van der Waals surface area contributed by atoms with Crippen molar-refractivity contribution in [2.75, 3.05) is 19.3 Å². The van der Waals surface area contributed by atoms with Crippen LogP contribution in [0.2, 0.25) is 0 Å². The third-order valence-corrected chi connectivity index (χ3v) is 4.25. The first-order chi connectivity index (χ1) is 9.69. The minimum atomic E-state index is -0.967. The Hall–Kier alpha value is -1.53. The first-order valence-corrected chi connectivity index (χ1v) is 7.94. The van der Waals surface area contributed by atoms with Gasteiger partial charge in [0.1, 0.15) is 0 Å². The maximum Gasteiger partial charge on any atom is 0.240 e. The van der Waals surface area contributed by atoms with Crippen molar-refractivity contribution in [3.8, 4) is 0 Å². The fraction of sp³-hybridized carbons (Fsp3) is 0.429. The van der Waals surface area contributed by atoms with Gasteiger partial charge in [0.15, 0.2) is 5.82 Å². The topological polar surface area (TPSA) is 59.2 Å². The van der Waals surface area contributed by atoms with E-state index in [9.17, 15) is 4.21 Å². The number of hydrogen-bond donors (Lipinski definition) is 0. The maximum atomic E-state index is 12.1. The van der Waals surface area contributed by atoms with Gasteiger partial charge in [-0.3, -0.25) is 9.11 Å². The molecule has 0 unspecified atom stereocenters. The summed E-state index contributed by atoms with van der Waals surface area (Å²) in [6, 6.07) is 9.51. The molecule has 5 nitrogen and oxygen atoms in total. The van der Waals surface area contributed by atoms with E-state index in [0.717, 1.165) is 17.1 Å². The lowest BCUT2D eigenvalue weighted by Gasteiger charge is -2.13. The van der Waals surface area contributed by atoms with Crippen LogP contribution in [0.1, 0.15) is 18.6 Å². The van der Waals surface area contributed by atoms with Crippen LogP contribution >= 0.6 is 0 Å². The predicted molar refractivity (Wildman–Crippen MR) is 77.7 cm³/mol. The summed E-state index contributed by atoms with van der Waals surface area (Å²) in [6.45, 7) is 3.28. The van der Waals surface area contributed by atoms with E-state index in [4.69, 9.17) is 4.52 Å². The molecule has 0 fully saturated rings. The van der Waals surface area contributed by atoms with Crippen molar-refractivity contribution in [1.82, 2.24) is 15.0 Å². The van der Waals surface area contributed by atoms with Gasteiger partial charge >= 0.3 is 0 Å². The van der Waals surface area contributed by atoms with Crippen LogP contribution in [0.3, 0.4) is 0 Å². The van der Waals surface area contributed by atoms with E-state index in [1.807, 2.05) is 49.2 Å². The molecule has 0 N–H and O–H groups in total. The number of nitrogens with zero attached hydrogens (tertiary/aromatic N) is 3. The van der Waals surface area contributed by atoms with Gasteiger partial charge in [-0.1, -0.05) is 30.3 Å². The number of aromatic nitrogens is 2. The summed E-state index contributed by atoms with van der Waals surface area (Å²) in [5, 5.41) is 3.86. The lowest BCUT2D eigenvalue weighted by Crippen LogP contribution is -2.23. The Morgan fingerprint density at radius 2 is 2.05 bits per heavy atom. The molecule has 108 valence electrons. The summed E-state index contributed by atoms with van der Waals surface area (Å²) < 4.78 is 17.2. The second kappa shape index (κ2) is 7.31. The second-order valence-electron chi connectivity index (χ2n) is 4.56. The highest BCUT2D eigenvalue weighted by atomic mass is 32.2. The van der Waals surface area contributed by atoms with Gasteiger partial charge in [-0.15, -0.1) is 0 Å². The van der Waals surface area contributed by atoms with Gasteiger partial charge in [0, 0.05) is 23.6 Å². The molecule has 0 saturated carbocycles. The average Bonchev–Trinajstić information content (AvgIpc) is 2.93. The molecule has 0 radical (unpaired) electrons. The van der Waals surface area contributed by atoms with Gasteiger partial charge in [0.2, 0.25) is 5.89 Å². The molecule has 6 heteroatoms. The lowest BCUT2D eigenvalue weighted by atomic mass is 10.4. The Bertz CT molecular complexity index is 557. The summed E-state index contributed by atoms with van der Waals surface area (Å²) in [5.41, 5.74) is 0. The molecule has 1 atom stereocenters. The largest absolute Gasteiger partial charge is 0.338 e. The number of aryl methyl sites for hydroxylation is 1. The van der Waals surface area contributed by atoms with E-state index in [1.54, 1.807) is 0 Å². The van der Waals surface area contributed by atoms with Crippen molar-refractivity contribution in [3.63, 3.8) is 0 Å². The van der Waals surface area contributed by atoms with Crippen LogP contribution in [0.5, 0.6) is 0 Å². The minimum absolute atomic E-state index is 0.582. The van der Waals surface area contributed by atoms with Gasteiger partial charge in [-0.2, -0.15) is 4.98 Å². The Morgan fingerprint density at radius 3 is 2.70 bits per heavy atom. The summed E-state index contributed by atoms with van der Waals surface area (Å²) in [4.78, 5) is 7.16. The molecule has 1 heterocycles. The molecule has 0 aliphatic carbocycles. The van der Waals surface area contributed by atoms with Crippen molar-refractivity contribution < 1.29 is 8.73 Å². The van der Waals surface area contributed by atoms with E-state index in [1.165, 1.54) is 0 Å². The number of benzene rings is 1. The van der Waals surface area contributed by atoms with Crippen LogP contribution in [-0.2, 0) is 23.8 Å². The average molecular weight is 293 g/mol. The first-order valence-electron chi connectivity index (χ1n) is 6.62. The quantitative estimate of drug-likeness (QED) is 0.780. The number of rotatable bonds is 7. The first kappa shape index (κ1) is 14.9. The summed E-state index contributed by atoms with van der Waals surface area (Å²) >= 11 is 0. The van der Waals surface area contributed by atoms with Gasteiger partial charge in [-0.25, -0.2) is 0 Å². The van der Waals surface area contributed by atoms with Crippen LogP contribution in [0.4, 0.5) is 0 Å². The Kier molecular flexibility index (Phi) is 5.43. The zero-order chi connectivity index (χ0) is 14.4. The highest BCUT2D eigenvalue weighted by molar-refractivity contribution is 7.85.